The zero-order valence-corrected chi connectivity index (χ0v) is 18.2. The number of ether oxygens (including phenoxy) is 1. The highest BCUT2D eigenvalue weighted by molar-refractivity contribution is 6.01. The van der Waals surface area contributed by atoms with Crippen LogP contribution in [0.5, 0.6) is 0 Å². The molecule has 0 bridgehead atoms. The van der Waals surface area contributed by atoms with E-state index in [1.165, 1.54) is 12.8 Å². The Labute approximate surface area is 183 Å². The summed E-state index contributed by atoms with van der Waals surface area (Å²) in [6.45, 7) is 4.43. The molecule has 1 N–H and O–H groups in total. The maximum absolute atomic E-state index is 13.5. The summed E-state index contributed by atoms with van der Waals surface area (Å²) in [7, 11) is 0. The van der Waals surface area contributed by atoms with Crippen LogP contribution in [0.1, 0.15) is 77.2 Å². The van der Waals surface area contributed by atoms with Crippen molar-refractivity contribution in [2.24, 2.45) is 5.92 Å². The van der Waals surface area contributed by atoms with Crippen LogP contribution >= 0.6 is 0 Å². The number of hydrogen-bond donors (Lipinski definition) is 1. The lowest BCUT2D eigenvalue weighted by atomic mass is 10.0. The molecule has 2 atom stereocenters. The van der Waals surface area contributed by atoms with Crippen LogP contribution in [-0.4, -0.2) is 40.5 Å². The third-order valence-corrected chi connectivity index (χ3v) is 7.01. The molecule has 2 aliphatic heterocycles. The largest absolute Gasteiger partial charge is 0.373 e. The highest BCUT2D eigenvalue weighted by atomic mass is 16.5. The van der Waals surface area contributed by atoms with E-state index >= 15 is 0 Å². The molecule has 1 aromatic heterocycles. The molecule has 1 aliphatic carbocycles. The molecule has 6 heteroatoms. The van der Waals surface area contributed by atoms with Crippen LogP contribution in [0.2, 0.25) is 0 Å². The Morgan fingerprint density at radius 3 is 2.71 bits per heavy atom. The van der Waals surface area contributed by atoms with Crippen LogP contribution < -0.4 is 5.32 Å². The molecule has 2 amide bonds. The lowest BCUT2D eigenvalue weighted by Gasteiger charge is -2.26. The van der Waals surface area contributed by atoms with Gasteiger partial charge in [0.05, 0.1) is 30.5 Å². The molecular formula is C25H31N3O3. The Morgan fingerprint density at radius 1 is 1.16 bits per heavy atom. The first-order valence-electron chi connectivity index (χ1n) is 11.6. The zero-order chi connectivity index (χ0) is 21.4. The molecule has 3 heterocycles. The molecule has 1 saturated heterocycles. The van der Waals surface area contributed by atoms with E-state index in [1.54, 1.807) is 0 Å². The number of benzene rings is 1. The van der Waals surface area contributed by atoms with Gasteiger partial charge in [-0.3, -0.25) is 9.59 Å². The van der Waals surface area contributed by atoms with Gasteiger partial charge in [-0.25, -0.2) is 0 Å². The van der Waals surface area contributed by atoms with Crippen LogP contribution in [0, 0.1) is 5.92 Å². The number of likely N-dealkylation sites (tertiary alicyclic amines) is 1. The predicted molar refractivity (Wildman–Crippen MR) is 118 cm³/mol. The SMILES string of the molecule is CCC(NC(=O)c1cc(C(=O)N2CCCC2C2CC2)n2c1COCC2)c1ccccc1. The predicted octanol–water partition coefficient (Wildman–Crippen LogP) is 3.91. The average molecular weight is 422 g/mol. The van der Waals surface area contributed by atoms with E-state index in [0.29, 0.717) is 43.0 Å². The Balaban J connectivity index is 1.42. The van der Waals surface area contributed by atoms with E-state index in [9.17, 15) is 9.59 Å². The van der Waals surface area contributed by atoms with Gasteiger partial charge in [0.1, 0.15) is 5.69 Å². The molecule has 5 rings (SSSR count). The number of aromatic nitrogens is 1. The van der Waals surface area contributed by atoms with Crippen molar-refractivity contribution >= 4 is 11.8 Å². The summed E-state index contributed by atoms with van der Waals surface area (Å²) in [5.41, 5.74) is 3.11. The second-order valence-electron chi connectivity index (χ2n) is 8.98. The second-order valence-corrected chi connectivity index (χ2v) is 8.98. The summed E-state index contributed by atoms with van der Waals surface area (Å²) in [6, 6.07) is 12.1. The van der Waals surface area contributed by atoms with E-state index in [-0.39, 0.29) is 17.9 Å². The van der Waals surface area contributed by atoms with Crippen molar-refractivity contribution in [3.8, 4) is 0 Å². The summed E-state index contributed by atoms with van der Waals surface area (Å²) < 4.78 is 7.69. The molecule has 31 heavy (non-hydrogen) atoms. The van der Waals surface area contributed by atoms with Crippen LogP contribution in [0.4, 0.5) is 0 Å². The van der Waals surface area contributed by atoms with Crippen molar-refractivity contribution in [1.82, 2.24) is 14.8 Å². The first-order chi connectivity index (χ1) is 15.2. The van der Waals surface area contributed by atoms with Gasteiger partial charge >= 0.3 is 0 Å². The van der Waals surface area contributed by atoms with Gasteiger partial charge in [0.2, 0.25) is 0 Å². The lowest BCUT2D eigenvalue weighted by molar-refractivity contribution is 0.0664. The van der Waals surface area contributed by atoms with Crippen molar-refractivity contribution in [3.05, 3.63) is 58.9 Å². The van der Waals surface area contributed by atoms with Gasteiger partial charge in [-0.15, -0.1) is 0 Å². The van der Waals surface area contributed by atoms with Crippen molar-refractivity contribution < 1.29 is 14.3 Å². The van der Waals surface area contributed by atoms with E-state index in [1.807, 2.05) is 41.0 Å². The number of rotatable bonds is 6. The van der Waals surface area contributed by atoms with E-state index in [2.05, 4.69) is 17.1 Å². The second kappa shape index (κ2) is 8.50. The molecule has 2 unspecified atom stereocenters. The first kappa shape index (κ1) is 20.3. The number of carbonyl (C=O) groups excluding carboxylic acids is 2. The summed E-state index contributed by atoms with van der Waals surface area (Å²) in [4.78, 5) is 28.9. The van der Waals surface area contributed by atoms with E-state index < -0.39 is 0 Å². The molecule has 2 fully saturated rings. The third kappa shape index (κ3) is 3.89. The van der Waals surface area contributed by atoms with Crippen LogP contribution in [-0.2, 0) is 17.9 Å². The number of carbonyl (C=O) groups is 2. The van der Waals surface area contributed by atoms with Gasteiger partial charge < -0.3 is 19.5 Å². The highest BCUT2D eigenvalue weighted by Crippen LogP contribution is 2.40. The van der Waals surface area contributed by atoms with Gasteiger partial charge in [0.25, 0.3) is 11.8 Å². The average Bonchev–Trinajstić information content (AvgIpc) is 3.40. The molecule has 1 aromatic carbocycles. The quantitative estimate of drug-likeness (QED) is 0.769. The zero-order valence-electron chi connectivity index (χ0n) is 18.2. The number of nitrogens with zero attached hydrogens (tertiary/aromatic N) is 2. The van der Waals surface area contributed by atoms with Crippen molar-refractivity contribution in [2.75, 3.05) is 13.2 Å². The summed E-state index contributed by atoms with van der Waals surface area (Å²) in [5, 5.41) is 3.18. The number of hydrogen-bond acceptors (Lipinski definition) is 3. The maximum Gasteiger partial charge on any atom is 0.270 e. The fraction of sp³-hybridized carbons (Fsp3) is 0.520. The Kier molecular flexibility index (Phi) is 5.57. The van der Waals surface area contributed by atoms with Crippen LogP contribution in [0.25, 0.3) is 0 Å². The Morgan fingerprint density at radius 2 is 1.97 bits per heavy atom. The molecule has 6 nitrogen and oxygen atoms in total. The third-order valence-electron chi connectivity index (χ3n) is 7.01. The van der Waals surface area contributed by atoms with Gasteiger partial charge in [0, 0.05) is 19.1 Å². The molecular weight excluding hydrogens is 390 g/mol. The van der Waals surface area contributed by atoms with Gasteiger partial charge in [-0.2, -0.15) is 0 Å². The highest BCUT2D eigenvalue weighted by Gasteiger charge is 2.41. The minimum absolute atomic E-state index is 0.0641. The van der Waals surface area contributed by atoms with Crippen LogP contribution in [0.15, 0.2) is 36.4 Å². The van der Waals surface area contributed by atoms with Gasteiger partial charge in [-0.1, -0.05) is 37.3 Å². The summed E-state index contributed by atoms with van der Waals surface area (Å²) in [5.74, 6) is 0.611. The van der Waals surface area contributed by atoms with Crippen molar-refractivity contribution in [2.45, 2.75) is 64.3 Å². The fourth-order valence-corrected chi connectivity index (χ4v) is 5.20. The first-order valence-corrected chi connectivity index (χ1v) is 11.6. The minimum atomic E-state index is -0.135. The Hall–Kier alpha value is -2.60. The van der Waals surface area contributed by atoms with Gasteiger partial charge in [-0.05, 0) is 49.7 Å². The van der Waals surface area contributed by atoms with Crippen LogP contribution in [0.3, 0.4) is 0 Å². The summed E-state index contributed by atoms with van der Waals surface area (Å²) >= 11 is 0. The molecule has 0 spiro atoms. The van der Waals surface area contributed by atoms with E-state index in [0.717, 1.165) is 37.1 Å². The Bertz CT molecular complexity index is 964. The molecule has 3 aliphatic rings. The number of fused-ring (bicyclic) bond motifs is 1. The summed E-state index contributed by atoms with van der Waals surface area (Å²) in [6.07, 6.45) is 5.45. The smallest absolute Gasteiger partial charge is 0.270 e. The standard InChI is InChI=1S/C25H31N3O3/c1-2-20(17-7-4-3-5-8-17)26-24(29)19-15-22(27-13-14-31-16-23(19)27)25(30)28-12-6-9-21(28)18-10-11-18/h3-5,7-8,15,18,20-21H,2,6,9-14,16H2,1H3,(H,26,29). The van der Waals surface area contributed by atoms with Crippen molar-refractivity contribution in [1.29, 1.82) is 0 Å². The number of nitrogens with one attached hydrogen (secondary N) is 1. The molecule has 2 aromatic rings. The maximum atomic E-state index is 13.5. The molecule has 1 saturated carbocycles. The lowest BCUT2D eigenvalue weighted by Crippen LogP contribution is -2.38. The van der Waals surface area contributed by atoms with Crippen molar-refractivity contribution in [3.63, 3.8) is 0 Å². The fourth-order valence-electron chi connectivity index (χ4n) is 5.20. The minimum Gasteiger partial charge on any atom is -0.373 e. The normalized spacial score (nSPS) is 21.6. The van der Waals surface area contributed by atoms with E-state index in [4.69, 9.17) is 4.74 Å². The molecule has 164 valence electrons. The number of amides is 2. The monoisotopic (exact) mass is 421 g/mol. The topological polar surface area (TPSA) is 63.6 Å². The van der Waals surface area contributed by atoms with Gasteiger partial charge in [0.15, 0.2) is 0 Å². The molecule has 0 radical (unpaired) electrons.